The summed E-state index contributed by atoms with van der Waals surface area (Å²) in [5.74, 6) is -0.219. The number of halogens is 2. The molecule has 0 saturated heterocycles. The molecular weight excluding hydrogens is 325 g/mol. The van der Waals surface area contributed by atoms with Crippen molar-refractivity contribution in [3.05, 3.63) is 58.1 Å². The molecule has 2 aromatic rings. The quantitative estimate of drug-likeness (QED) is 0.774. The Kier molecular flexibility index (Phi) is 4.84. The number of aromatic nitrogens is 1. The first-order valence-electron chi connectivity index (χ1n) is 6.19. The minimum atomic E-state index is -0.470. The van der Waals surface area contributed by atoms with Crippen LogP contribution in [0.4, 0.5) is 4.39 Å². The molecule has 0 fully saturated rings. The van der Waals surface area contributed by atoms with Crippen molar-refractivity contribution >= 4 is 21.7 Å². The summed E-state index contributed by atoms with van der Waals surface area (Å²) in [5.41, 5.74) is 0.653. The molecule has 0 amide bonds. The van der Waals surface area contributed by atoms with Crippen LogP contribution in [0.1, 0.15) is 29.3 Å². The Morgan fingerprint density at radius 3 is 2.80 bits per heavy atom. The number of ether oxygens (including phenoxy) is 1. The van der Waals surface area contributed by atoms with E-state index in [0.29, 0.717) is 22.4 Å². The third-order valence-electron chi connectivity index (χ3n) is 2.63. The van der Waals surface area contributed by atoms with Crippen molar-refractivity contribution in [3.63, 3.8) is 0 Å². The van der Waals surface area contributed by atoms with E-state index in [9.17, 15) is 9.18 Å². The normalized spacial score (nSPS) is 10.3. The first-order chi connectivity index (χ1) is 9.61. The molecule has 0 saturated carbocycles. The third-order valence-corrected chi connectivity index (χ3v) is 3.27. The molecule has 0 N–H and O–H groups in total. The zero-order chi connectivity index (χ0) is 14.5. The molecule has 1 aromatic heterocycles. The van der Waals surface area contributed by atoms with Gasteiger partial charge in [-0.15, -0.1) is 0 Å². The van der Waals surface area contributed by atoms with E-state index in [4.69, 9.17) is 4.74 Å². The lowest BCUT2D eigenvalue weighted by atomic mass is 10.1. The van der Waals surface area contributed by atoms with Crippen molar-refractivity contribution in [3.8, 4) is 5.75 Å². The van der Waals surface area contributed by atoms with Crippen molar-refractivity contribution in [2.75, 3.05) is 6.61 Å². The zero-order valence-corrected chi connectivity index (χ0v) is 12.5. The van der Waals surface area contributed by atoms with Crippen LogP contribution in [-0.2, 0) is 0 Å². The number of carbonyl (C=O) groups is 1. The highest BCUT2D eigenvalue weighted by Gasteiger charge is 2.12. The standard InChI is InChI=1S/C15H13BrFNO2/c1-2-5-20-12-6-11(8-18-9-12)15(19)10-3-4-13(16)14(17)7-10/h3-4,6-9H,2,5H2,1H3. The number of nitrogens with zero attached hydrogens (tertiary/aromatic N) is 1. The van der Waals surface area contributed by atoms with Gasteiger partial charge in [-0.3, -0.25) is 9.78 Å². The lowest BCUT2D eigenvalue weighted by molar-refractivity contribution is 0.103. The monoisotopic (exact) mass is 337 g/mol. The van der Waals surface area contributed by atoms with Crippen LogP contribution < -0.4 is 4.74 Å². The van der Waals surface area contributed by atoms with Gasteiger partial charge < -0.3 is 4.74 Å². The van der Waals surface area contributed by atoms with Crippen LogP contribution in [-0.4, -0.2) is 17.4 Å². The first kappa shape index (κ1) is 14.7. The molecule has 2 rings (SSSR count). The number of hydrogen-bond acceptors (Lipinski definition) is 3. The molecule has 1 heterocycles. The van der Waals surface area contributed by atoms with E-state index in [1.165, 1.54) is 18.3 Å². The summed E-state index contributed by atoms with van der Waals surface area (Å²) in [7, 11) is 0. The van der Waals surface area contributed by atoms with E-state index in [1.807, 2.05) is 6.92 Å². The highest BCUT2D eigenvalue weighted by molar-refractivity contribution is 9.10. The van der Waals surface area contributed by atoms with Gasteiger partial charge in [0, 0.05) is 17.3 Å². The van der Waals surface area contributed by atoms with E-state index in [0.717, 1.165) is 6.42 Å². The van der Waals surface area contributed by atoms with Crippen molar-refractivity contribution in [2.45, 2.75) is 13.3 Å². The van der Waals surface area contributed by atoms with Crippen molar-refractivity contribution in [2.24, 2.45) is 0 Å². The maximum absolute atomic E-state index is 13.5. The summed E-state index contributed by atoms with van der Waals surface area (Å²) in [4.78, 5) is 16.2. The first-order valence-corrected chi connectivity index (χ1v) is 6.98. The number of rotatable bonds is 5. The lowest BCUT2D eigenvalue weighted by Gasteiger charge is -2.06. The molecule has 0 bridgehead atoms. The Morgan fingerprint density at radius 2 is 2.10 bits per heavy atom. The van der Waals surface area contributed by atoms with Crippen molar-refractivity contribution in [1.82, 2.24) is 4.98 Å². The number of benzene rings is 1. The number of carbonyl (C=O) groups excluding carboxylic acids is 1. The van der Waals surface area contributed by atoms with Gasteiger partial charge in [0.25, 0.3) is 0 Å². The van der Waals surface area contributed by atoms with Crippen molar-refractivity contribution < 1.29 is 13.9 Å². The molecule has 0 aliphatic rings. The summed E-state index contributed by atoms with van der Waals surface area (Å²) in [6, 6.07) is 5.89. The fourth-order valence-electron chi connectivity index (χ4n) is 1.65. The van der Waals surface area contributed by atoms with Crippen LogP contribution in [0.3, 0.4) is 0 Å². The van der Waals surface area contributed by atoms with Crippen molar-refractivity contribution in [1.29, 1.82) is 0 Å². The Labute approximate surface area is 124 Å². The summed E-state index contributed by atoms with van der Waals surface area (Å²) < 4.78 is 19.2. The smallest absolute Gasteiger partial charge is 0.194 e. The molecule has 0 aliphatic carbocycles. The topological polar surface area (TPSA) is 39.2 Å². The Hall–Kier alpha value is -1.75. The number of ketones is 1. The van der Waals surface area contributed by atoms with Gasteiger partial charge in [-0.1, -0.05) is 6.92 Å². The van der Waals surface area contributed by atoms with Gasteiger partial charge in [0.2, 0.25) is 0 Å². The lowest BCUT2D eigenvalue weighted by Crippen LogP contribution is -2.04. The minimum absolute atomic E-state index is 0.278. The molecule has 1 aromatic carbocycles. The van der Waals surface area contributed by atoms with Crippen LogP contribution in [0.5, 0.6) is 5.75 Å². The number of pyridine rings is 1. The van der Waals surface area contributed by atoms with Crippen LogP contribution >= 0.6 is 15.9 Å². The van der Waals surface area contributed by atoms with Gasteiger partial charge in [-0.2, -0.15) is 0 Å². The van der Waals surface area contributed by atoms with Crippen LogP contribution in [0.25, 0.3) is 0 Å². The van der Waals surface area contributed by atoms with E-state index in [-0.39, 0.29) is 11.3 Å². The Morgan fingerprint density at radius 1 is 1.30 bits per heavy atom. The molecule has 0 atom stereocenters. The second-order valence-corrected chi connectivity index (χ2v) is 5.07. The summed E-state index contributed by atoms with van der Waals surface area (Å²) in [6.45, 7) is 2.55. The maximum atomic E-state index is 13.5. The minimum Gasteiger partial charge on any atom is -0.492 e. The highest BCUT2D eigenvalue weighted by atomic mass is 79.9. The van der Waals surface area contributed by atoms with E-state index in [2.05, 4.69) is 20.9 Å². The molecule has 0 unspecified atom stereocenters. The second-order valence-electron chi connectivity index (χ2n) is 4.22. The van der Waals surface area contributed by atoms with Crippen LogP contribution in [0.15, 0.2) is 41.1 Å². The zero-order valence-electron chi connectivity index (χ0n) is 10.9. The van der Waals surface area contributed by atoms with Gasteiger partial charge in [0.15, 0.2) is 5.78 Å². The van der Waals surface area contributed by atoms with Crippen LogP contribution in [0.2, 0.25) is 0 Å². The average Bonchev–Trinajstić information content (AvgIpc) is 2.47. The molecule has 3 nitrogen and oxygen atoms in total. The van der Waals surface area contributed by atoms with Crippen LogP contribution in [0, 0.1) is 5.82 Å². The highest BCUT2D eigenvalue weighted by Crippen LogP contribution is 2.20. The molecule has 0 radical (unpaired) electrons. The largest absolute Gasteiger partial charge is 0.492 e. The molecular formula is C15H13BrFNO2. The Balaban J connectivity index is 2.26. The number of hydrogen-bond donors (Lipinski definition) is 0. The summed E-state index contributed by atoms with van der Waals surface area (Å²) >= 11 is 3.06. The predicted molar refractivity (Wildman–Crippen MR) is 77.6 cm³/mol. The summed E-state index contributed by atoms with van der Waals surface area (Å²) in [6.07, 6.45) is 3.87. The fourth-order valence-corrected chi connectivity index (χ4v) is 1.89. The molecule has 20 heavy (non-hydrogen) atoms. The van der Waals surface area contributed by atoms with Gasteiger partial charge in [-0.05, 0) is 46.6 Å². The maximum Gasteiger partial charge on any atom is 0.194 e. The molecule has 5 heteroatoms. The SMILES string of the molecule is CCCOc1cncc(C(=O)c2ccc(Br)c(F)c2)c1. The van der Waals surface area contributed by atoms with Gasteiger partial charge >= 0.3 is 0 Å². The fraction of sp³-hybridized carbons (Fsp3) is 0.200. The molecule has 0 spiro atoms. The molecule has 104 valence electrons. The molecule has 0 aliphatic heterocycles. The van der Waals surface area contributed by atoms with E-state index >= 15 is 0 Å². The van der Waals surface area contributed by atoms with E-state index in [1.54, 1.807) is 18.3 Å². The predicted octanol–water partition coefficient (Wildman–Crippen LogP) is 4.00. The average molecular weight is 338 g/mol. The van der Waals surface area contributed by atoms with Gasteiger partial charge in [0.05, 0.1) is 17.3 Å². The van der Waals surface area contributed by atoms with Gasteiger partial charge in [0.1, 0.15) is 11.6 Å². The third kappa shape index (κ3) is 3.42. The summed E-state index contributed by atoms with van der Waals surface area (Å²) in [5, 5.41) is 0. The van der Waals surface area contributed by atoms with E-state index < -0.39 is 5.82 Å². The van der Waals surface area contributed by atoms with Gasteiger partial charge in [-0.25, -0.2) is 4.39 Å². The second kappa shape index (κ2) is 6.61. The Bertz CT molecular complexity index is 631.